The summed E-state index contributed by atoms with van der Waals surface area (Å²) >= 11 is 0. The van der Waals surface area contributed by atoms with Crippen LogP contribution in [0.2, 0.25) is 0 Å². The predicted molar refractivity (Wildman–Crippen MR) is 71.3 cm³/mol. The van der Waals surface area contributed by atoms with Gasteiger partial charge in [-0.2, -0.15) is 0 Å². The van der Waals surface area contributed by atoms with Gasteiger partial charge in [-0.15, -0.1) is 0 Å². The minimum Gasteiger partial charge on any atom is -0.383 e. The first-order chi connectivity index (χ1) is 8.33. The Morgan fingerprint density at radius 3 is 2.47 bits per heavy atom. The van der Waals surface area contributed by atoms with E-state index in [1.807, 2.05) is 0 Å². The van der Waals surface area contributed by atoms with E-state index in [0.717, 1.165) is 6.61 Å². The van der Waals surface area contributed by atoms with Crippen molar-refractivity contribution in [3.8, 4) is 0 Å². The number of hydrogen-bond acceptors (Lipinski definition) is 2. The van der Waals surface area contributed by atoms with Gasteiger partial charge in [0.25, 0.3) is 0 Å². The Bertz CT molecular complexity index is 320. The summed E-state index contributed by atoms with van der Waals surface area (Å²) in [5, 5.41) is 3.74. The molecule has 94 valence electrons. The van der Waals surface area contributed by atoms with Gasteiger partial charge in [0.05, 0.1) is 6.61 Å². The van der Waals surface area contributed by atoms with Crippen LogP contribution in [0.15, 0.2) is 24.3 Å². The maximum atomic E-state index is 5.28. The molecule has 0 fully saturated rings. The predicted octanol–water partition coefficient (Wildman–Crippen LogP) is 2.56. The van der Waals surface area contributed by atoms with Crippen LogP contribution in [0.25, 0.3) is 0 Å². The molecular formula is C15H23NO. The van der Waals surface area contributed by atoms with Crippen LogP contribution >= 0.6 is 0 Å². The molecule has 0 amide bonds. The summed E-state index contributed by atoms with van der Waals surface area (Å²) < 4.78 is 5.28. The molecule has 1 N–H and O–H groups in total. The third kappa shape index (κ3) is 3.30. The molecule has 2 nitrogen and oxygen atoms in total. The highest BCUT2D eigenvalue weighted by Crippen LogP contribution is 2.22. The van der Waals surface area contributed by atoms with E-state index in [0.29, 0.717) is 12.1 Å². The largest absolute Gasteiger partial charge is 0.383 e. The number of methoxy groups -OCH3 is 1. The summed E-state index contributed by atoms with van der Waals surface area (Å²) in [6, 6.07) is 9.88. The Labute approximate surface area is 104 Å². The molecule has 2 heteroatoms. The lowest BCUT2D eigenvalue weighted by Crippen LogP contribution is -2.41. The second-order valence-corrected chi connectivity index (χ2v) is 4.98. The molecule has 0 aromatic heterocycles. The van der Waals surface area contributed by atoms with Crippen molar-refractivity contribution in [2.45, 2.75) is 44.7 Å². The Morgan fingerprint density at radius 1 is 1.29 bits per heavy atom. The zero-order valence-corrected chi connectivity index (χ0v) is 10.9. The molecule has 0 aliphatic heterocycles. The smallest absolute Gasteiger partial charge is 0.0615 e. The third-order valence-electron chi connectivity index (χ3n) is 3.53. The normalized spacial score (nSPS) is 17.1. The standard InChI is InChI=1S/C15H23NO/c1-3-6-14(11-17-2)16-15-9-12-7-4-5-8-13(12)10-15/h4-5,7-8,14-16H,3,6,9-11H2,1-2H3. The van der Waals surface area contributed by atoms with Crippen molar-refractivity contribution in [1.29, 1.82) is 0 Å². The quantitative estimate of drug-likeness (QED) is 0.815. The van der Waals surface area contributed by atoms with Crippen molar-refractivity contribution >= 4 is 0 Å². The Hall–Kier alpha value is -0.860. The molecule has 0 saturated carbocycles. The highest BCUT2D eigenvalue weighted by molar-refractivity contribution is 5.33. The zero-order valence-electron chi connectivity index (χ0n) is 10.9. The van der Waals surface area contributed by atoms with E-state index in [1.165, 1.54) is 36.8 Å². The lowest BCUT2D eigenvalue weighted by Gasteiger charge is -2.21. The summed E-state index contributed by atoms with van der Waals surface area (Å²) in [7, 11) is 1.79. The Morgan fingerprint density at radius 2 is 1.94 bits per heavy atom. The topological polar surface area (TPSA) is 21.3 Å². The SMILES string of the molecule is CCCC(COC)NC1Cc2ccccc2C1. The maximum Gasteiger partial charge on any atom is 0.0615 e. The van der Waals surface area contributed by atoms with Crippen molar-refractivity contribution in [3.63, 3.8) is 0 Å². The molecule has 17 heavy (non-hydrogen) atoms. The molecule has 1 aromatic carbocycles. The van der Waals surface area contributed by atoms with Gasteiger partial charge < -0.3 is 10.1 Å². The molecule has 0 saturated heterocycles. The first kappa shape index (κ1) is 12.6. The molecule has 0 heterocycles. The molecule has 0 spiro atoms. The lowest BCUT2D eigenvalue weighted by atomic mass is 10.1. The number of benzene rings is 1. The van der Waals surface area contributed by atoms with Crippen molar-refractivity contribution in [1.82, 2.24) is 5.32 Å². The van der Waals surface area contributed by atoms with Crippen LogP contribution < -0.4 is 5.32 Å². The van der Waals surface area contributed by atoms with Crippen molar-refractivity contribution in [2.24, 2.45) is 0 Å². The average Bonchev–Trinajstić information content (AvgIpc) is 2.71. The fraction of sp³-hybridized carbons (Fsp3) is 0.600. The lowest BCUT2D eigenvalue weighted by molar-refractivity contribution is 0.156. The number of ether oxygens (including phenoxy) is 1. The highest BCUT2D eigenvalue weighted by atomic mass is 16.5. The van der Waals surface area contributed by atoms with E-state index in [2.05, 4.69) is 36.5 Å². The fourth-order valence-corrected chi connectivity index (χ4v) is 2.77. The van der Waals surface area contributed by atoms with Crippen LogP contribution in [0, 0.1) is 0 Å². The van der Waals surface area contributed by atoms with Crippen molar-refractivity contribution in [3.05, 3.63) is 35.4 Å². The van der Waals surface area contributed by atoms with Gasteiger partial charge in [0.1, 0.15) is 0 Å². The number of fused-ring (bicyclic) bond motifs is 1. The van der Waals surface area contributed by atoms with Gasteiger partial charge in [-0.05, 0) is 30.4 Å². The molecule has 1 aromatic rings. The fourth-order valence-electron chi connectivity index (χ4n) is 2.77. The maximum absolute atomic E-state index is 5.28. The molecule has 0 radical (unpaired) electrons. The van der Waals surface area contributed by atoms with E-state index in [9.17, 15) is 0 Å². The van der Waals surface area contributed by atoms with Crippen LogP contribution in [-0.2, 0) is 17.6 Å². The second-order valence-electron chi connectivity index (χ2n) is 4.98. The highest BCUT2D eigenvalue weighted by Gasteiger charge is 2.22. The molecule has 1 atom stereocenters. The summed E-state index contributed by atoms with van der Waals surface area (Å²) in [5.41, 5.74) is 3.02. The summed E-state index contributed by atoms with van der Waals surface area (Å²) in [4.78, 5) is 0. The van der Waals surface area contributed by atoms with E-state index >= 15 is 0 Å². The van der Waals surface area contributed by atoms with Crippen LogP contribution in [0.1, 0.15) is 30.9 Å². The summed E-state index contributed by atoms with van der Waals surface area (Å²) in [6.07, 6.45) is 4.74. The first-order valence-electron chi connectivity index (χ1n) is 6.65. The molecular weight excluding hydrogens is 210 g/mol. The minimum atomic E-state index is 0.504. The number of hydrogen-bond donors (Lipinski definition) is 1. The summed E-state index contributed by atoms with van der Waals surface area (Å²) in [6.45, 7) is 3.05. The first-order valence-corrected chi connectivity index (χ1v) is 6.65. The van der Waals surface area contributed by atoms with Gasteiger partial charge in [0.15, 0.2) is 0 Å². The van der Waals surface area contributed by atoms with E-state index < -0.39 is 0 Å². The van der Waals surface area contributed by atoms with Gasteiger partial charge in [0.2, 0.25) is 0 Å². The van der Waals surface area contributed by atoms with Crippen LogP contribution in [0.3, 0.4) is 0 Å². The van der Waals surface area contributed by atoms with Crippen LogP contribution in [-0.4, -0.2) is 25.8 Å². The van der Waals surface area contributed by atoms with E-state index in [4.69, 9.17) is 4.74 Å². The summed E-state index contributed by atoms with van der Waals surface area (Å²) in [5.74, 6) is 0. The van der Waals surface area contributed by atoms with E-state index in [-0.39, 0.29) is 0 Å². The second kappa shape index (κ2) is 6.18. The van der Waals surface area contributed by atoms with Crippen molar-refractivity contribution < 1.29 is 4.74 Å². The zero-order chi connectivity index (χ0) is 12.1. The Kier molecular flexibility index (Phi) is 4.57. The molecule has 1 unspecified atom stereocenters. The molecule has 2 rings (SSSR count). The van der Waals surface area contributed by atoms with E-state index in [1.54, 1.807) is 7.11 Å². The monoisotopic (exact) mass is 233 g/mol. The van der Waals surface area contributed by atoms with Gasteiger partial charge in [-0.1, -0.05) is 37.6 Å². The van der Waals surface area contributed by atoms with Gasteiger partial charge >= 0.3 is 0 Å². The van der Waals surface area contributed by atoms with Gasteiger partial charge in [0, 0.05) is 19.2 Å². The van der Waals surface area contributed by atoms with Crippen molar-refractivity contribution in [2.75, 3.05) is 13.7 Å². The minimum absolute atomic E-state index is 0.504. The number of rotatable bonds is 6. The van der Waals surface area contributed by atoms with Gasteiger partial charge in [-0.3, -0.25) is 0 Å². The third-order valence-corrected chi connectivity index (χ3v) is 3.53. The average molecular weight is 233 g/mol. The Balaban J connectivity index is 1.89. The molecule has 1 aliphatic carbocycles. The molecule has 0 bridgehead atoms. The number of nitrogens with one attached hydrogen (secondary N) is 1. The van der Waals surface area contributed by atoms with Gasteiger partial charge in [-0.25, -0.2) is 0 Å². The molecule has 1 aliphatic rings. The van der Waals surface area contributed by atoms with Crippen LogP contribution in [0.5, 0.6) is 0 Å². The van der Waals surface area contributed by atoms with Crippen LogP contribution in [0.4, 0.5) is 0 Å².